The van der Waals surface area contributed by atoms with Crippen molar-refractivity contribution >= 4 is 17.5 Å². The SMILES string of the molecule is CCc1ccccc1NC(=O)c1cc(C(=O)N2CCCCC2)ccn1. The van der Waals surface area contributed by atoms with E-state index in [2.05, 4.69) is 10.3 Å². The molecular formula is C20H23N3O2. The van der Waals surface area contributed by atoms with E-state index in [0.717, 1.165) is 43.6 Å². The Morgan fingerprint density at radius 1 is 1.12 bits per heavy atom. The molecule has 0 bridgehead atoms. The van der Waals surface area contributed by atoms with Gasteiger partial charge in [0, 0.05) is 30.5 Å². The predicted molar refractivity (Wildman–Crippen MR) is 97.8 cm³/mol. The van der Waals surface area contributed by atoms with Gasteiger partial charge >= 0.3 is 0 Å². The van der Waals surface area contributed by atoms with Gasteiger partial charge in [0.15, 0.2) is 0 Å². The molecule has 0 spiro atoms. The Balaban J connectivity index is 1.76. The van der Waals surface area contributed by atoms with Crippen molar-refractivity contribution in [2.75, 3.05) is 18.4 Å². The van der Waals surface area contributed by atoms with Gasteiger partial charge in [0.05, 0.1) is 0 Å². The molecule has 5 nitrogen and oxygen atoms in total. The number of carbonyl (C=O) groups excluding carboxylic acids is 2. The minimum Gasteiger partial charge on any atom is -0.339 e. The Bertz CT molecular complexity index is 767. The summed E-state index contributed by atoms with van der Waals surface area (Å²) in [5.41, 5.74) is 2.63. The molecule has 0 radical (unpaired) electrons. The smallest absolute Gasteiger partial charge is 0.274 e. The summed E-state index contributed by atoms with van der Waals surface area (Å²) in [7, 11) is 0. The van der Waals surface area contributed by atoms with Crippen molar-refractivity contribution in [3.63, 3.8) is 0 Å². The number of amides is 2. The van der Waals surface area contributed by atoms with E-state index in [4.69, 9.17) is 0 Å². The maximum Gasteiger partial charge on any atom is 0.274 e. The number of pyridine rings is 1. The normalized spacial score (nSPS) is 14.2. The van der Waals surface area contributed by atoms with Crippen LogP contribution in [0.4, 0.5) is 5.69 Å². The Morgan fingerprint density at radius 3 is 2.64 bits per heavy atom. The fraction of sp³-hybridized carbons (Fsp3) is 0.350. The van der Waals surface area contributed by atoms with Crippen LogP contribution in [0, 0.1) is 0 Å². The molecule has 1 aliphatic heterocycles. The molecule has 1 fully saturated rings. The summed E-state index contributed by atoms with van der Waals surface area (Å²) in [6.07, 6.45) is 5.61. The van der Waals surface area contributed by atoms with Crippen molar-refractivity contribution in [1.82, 2.24) is 9.88 Å². The lowest BCUT2D eigenvalue weighted by atomic mass is 10.1. The van der Waals surface area contributed by atoms with E-state index in [1.165, 1.54) is 12.6 Å². The van der Waals surface area contributed by atoms with Crippen LogP contribution >= 0.6 is 0 Å². The van der Waals surface area contributed by atoms with Crippen LogP contribution in [-0.2, 0) is 6.42 Å². The van der Waals surface area contributed by atoms with E-state index in [9.17, 15) is 9.59 Å². The molecular weight excluding hydrogens is 314 g/mol. The number of para-hydroxylation sites is 1. The maximum absolute atomic E-state index is 12.6. The first-order valence-electron chi connectivity index (χ1n) is 8.83. The van der Waals surface area contributed by atoms with Crippen LogP contribution in [0.25, 0.3) is 0 Å². The molecule has 1 aromatic heterocycles. The Kier molecular flexibility index (Phi) is 5.43. The number of carbonyl (C=O) groups is 2. The van der Waals surface area contributed by atoms with Crippen LogP contribution < -0.4 is 5.32 Å². The first kappa shape index (κ1) is 17.1. The van der Waals surface area contributed by atoms with Crippen molar-refractivity contribution in [1.29, 1.82) is 0 Å². The van der Waals surface area contributed by atoms with Crippen LogP contribution in [0.3, 0.4) is 0 Å². The lowest BCUT2D eigenvalue weighted by Gasteiger charge is -2.26. The second-order valence-electron chi connectivity index (χ2n) is 6.25. The number of hydrogen-bond acceptors (Lipinski definition) is 3. The number of likely N-dealkylation sites (tertiary alicyclic amines) is 1. The Hall–Kier alpha value is -2.69. The van der Waals surface area contributed by atoms with Gasteiger partial charge in [0.2, 0.25) is 0 Å². The number of piperidine rings is 1. The van der Waals surface area contributed by atoms with Gasteiger partial charge in [-0.25, -0.2) is 0 Å². The number of hydrogen-bond donors (Lipinski definition) is 1. The largest absolute Gasteiger partial charge is 0.339 e. The summed E-state index contributed by atoms with van der Waals surface area (Å²) in [5.74, 6) is -0.320. The van der Waals surface area contributed by atoms with Gasteiger partial charge in [-0.2, -0.15) is 0 Å². The second-order valence-corrected chi connectivity index (χ2v) is 6.25. The van der Waals surface area contributed by atoms with E-state index in [1.54, 1.807) is 12.1 Å². The van der Waals surface area contributed by atoms with Crippen LogP contribution in [0.5, 0.6) is 0 Å². The summed E-state index contributed by atoms with van der Waals surface area (Å²) in [5, 5.41) is 2.90. The standard InChI is InChI=1S/C20H23N3O2/c1-2-15-8-4-5-9-17(15)22-19(24)18-14-16(10-11-21-18)20(25)23-12-6-3-7-13-23/h4-5,8-11,14H,2-3,6-7,12-13H2,1H3,(H,22,24). The Labute approximate surface area is 148 Å². The third kappa shape index (κ3) is 4.05. The van der Waals surface area contributed by atoms with Gasteiger partial charge in [-0.15, -0.1) is 0 Å². The first-order chi connectivity index (χ1) is 12.2. The third-order valence-corrected chi connectivity index (χ3v) is 4.53. The number of anilines is 1. The molecule has 2 aromatic rings. The third-order valence-electron chi connectivity index (χ3n) is 4.53. The number of rotatable bonds is 4. The highest BCUT2D eigenvalue weighted by atomic mass is 16.2. The molecule has 1 aliphatic rings. The first-order valence-corrected chi connectivity index (χ1v) is 8.83. The molecule has 0 saturated carbocycles. The lowest BCUT2D eigenvalue weighted by molar-refractivity contribution is 0.0724. The number of benzene rings is 1. The zero-order chi connectivity index (χ0) is 17.6. The van der Waals surface area contributed by atoms with Crippen LogP contribution in [0.15, 0.2) is 42.6 Å². The van der Waals surface area contributed by atoms with Crippen LogP contribution in [0.2, 0.25) is 0 Å². The van der Waals surface area contributed by atoms with Crippen molar-refractivity contribution in [3.8, 4) is 0 Å². The molecule has 1 aromatic carbocycles. The highest BCUT2D eigenvalue weighted by Crippen LogP contribution is 2.17. The van der Waals surface area contributed by atoms with Crippen molar-refractivity contribution < 1.29 is 9.59 Å². The number of nitrogens with zero attached hydrogens (tertiary/aromatic N) is 2. The Morgan fingerprint density at radius 2 is 1.88 bits per heavy atom. The van der Waals surface area contributed by atoms with E-state index in [-0.39, 0.29) is 17.5 Å². The van der Waals surface area contributed by atoms with Gasteiger partial charge in [-0.05, 0) is 49.4 Å². The summed E-state index contributed by atoms with van der Waals surface area (Å²) in [6, 6.07) is 11.0. The van der Waals surface area contributed by atoms with Gasteiger partial charge in [-0.1, -0.05) is 25.1 Å². The molecule has 2 heterocycles. The minimum atomic E-state index is -0.297. The molecule has 25 heavy (non-hydrogen) atoms. The molecule has 2 amide bonds. The maximum atomic E-state index is 12.6. The van der Waals surface area contributed by atoms with Crippen LogP contribution in [0.1, 0.15) is 52.6 Å². The molecule has 0 atom stereocenters. The van der Waals surface area contributed by atoms with E-state index < -0.39 is 0 Å². The zero-order valence-corrected chi connectivity index (χ0v) is 14.5. The molecule has 130 valence electrons. The average Bonchev–Trinajstić information content (AvgIpc) is 2.68. The highest BCUT2D eigenvalue weighted by molar-refractivity contribution is 6.05. The fourth-order valence-corrected chi connectivity index (χ4v) is 3.10. The zero-order valence-electron chi connectivity index (χ0n) is 14.5. The summed E-state index contributed by atoms with van der Waals surface area (Å²) >= 11 is 0. The van der Waals surface area contributed by atoms with Gasteiger partial charge in [0.1, 0.15) is 5.69 Å². The van der Waals surface area contributed by atoms with Crippen molar-refractivity contribution in [2.24, 2.45) is 0 Å². The number of aryl methyl sites for hydroxylation is 1. The van der Waals surface area contributed by atoms with Crippen molar-refractivity contribution in [3.05, 3.63) is 59.4 Å². The molecule has 1 N–H and O–H groups in total. The summed E-state index contributed by atoms with van der Waals surface area (Å²) in [4.78, 5) is 31.1. The number of aromatic nitrogens is 1. The van der Waals surface area contributed by atoms with E-state index >= 15 is 0 Å². The molecule has 0 aliphatic carbocycles. The monoisotopic (exact) mass is 337 g/mol. The van der Waals surface area contributed by atoms with Gasteiger partial charge in [0.25, 0.3) is 11.8 Å². The van der Waals surface area contributed by atoms with E-state index in [0.29, 0.717) is 5.56 Å². The van der Waals surface area contributed by atoms with E-state index in [1.807, 2.05) is 36.1 Å². The fourth-order valence-electron chi connectivity index (χ4n) is 3.10. The van der Waals surface area contributed by atoms with Gasteiger partial charge in [-0.3, -0.25) is 14.6 Å². The minimum absolute atomic E-state index is 0.0230. The molecule has 0 unspecified atom stereocenters. The van der Waals surface area contributed by atoms with Crippen molar-refractivity contribution in [2.45, 2.75) is 32.6 Å². The average molecular weight is 337 g/mol. The predicted octanol–water partition coefficient (Wildman–Crippen LogP) is 3.52. The number of nitrogens with one attached hydrogen (secondary N) is 1. The quantitative estimate of drug-likeness (QED) is 0.928. The summed E-state index contributed by atoms with van der Waals surface area (Å²) < 4.78 is 0. The molecule has 3 rings (SSSR count). The van der Waals surface area contributed by atoms with Gasteiger partial charge < -0.3 is 10.2 Å². The highest BCUT2D eigenvalue weighted by Gasteiger charge is 2.19. The van der Waals surface area contributed by atoms with Crippen LogP contribution in [-0.4, -0.2) is 34.8 Å². The lowest BCUT2D eigenvalue weighted by Crippen LogP contribution is -2.35. The summed E-state index contributed by atoms with van der Waals surface area (Å²) in [6.45, 7) is 3.61. The topological polar surface area (TPSA) is 62.3 Å². The molecule has 5 heteroatoms. The second kappa shape index (κ2) is 7.92. The molecule has 1 saturated heterocycles.